The first kappa shape index (κ1) is 28.3. The van der Waals surface area contributed by atoms with Crippen molar-refractivity contribution in [3.05, 3.63) is 175 Å². The summed E-state index contributed by atoms with van der Waals surface area (Å²) in [6, 6.07) is 58.4. The third kappa shape index (κ3) is 4.27. The van der Waals surface area contributed by atoms with E-state index in [1.165, 1.54) is 47.2 Å². The van der Waals surface area contributed by atoms with E-state index in [2.05, 4.69) is 166 Å². The third-order valence-electron chi connectivity index (χ3n) is 10.2. The second-order valence-corrected chi connectivity index (χ2v) is 14.1. The van der Waals surface area contributed by atoms with Gasteiger partial charge in [0.25, 0.3) is 0 Å². The molecule has 10 aromatic rings. The van der Waals surface area contributed by atoms with Crippen LogP contribution in [0.4, 0.5) is 0 Å². The van der Waals surface area contributed by atoms with E-state index in [1.54, 1.807) is 0 Å². The molecular formula is C45H29N5S. The summed E-state index contributed by atoms with van der Waals surface area (Å²) in [4.78, 5) is 10.6. The summed E-state index contributed by atoms with van der Waals surface area (Å²) < 4.78 is 7.32. The largest absolute Gasteiger partial charge is 0.344 e. The molecule has 0 spiro atoms. The number of aromatic nitrogens is 2. The lowest BCUT2D eigenvalue weighted by atomic mass is 10.1. The zero-order valence-corrected chi connectivity index (χ0v) is 28.2. The number of aliphatic imine (C=N–C) groups is 2. The van der Waals surface area contributed by atoms with Gasteiger partial charge < -0.3 is 9.88 Å². The van der Waals surface area contributed by atoms with Gasteiger partial charge in [-0.3, -0.25) is 4.57 Å². The molecule has 1 aliphatic heterocycles. The Labute approximate surface area is 297 Å². The number of hydrogen-bond donors (Lipinski definition) is 1. The van der Waals surface area contributed by atoms with Gasteiger partial charge in [0.05, 0.1) is 22.1 Å². The van der Waals surface area contributed by atoms with Gasteiger partial charge in [-0.1, -0.05) is 121 Å². The summed E-state index contributed by atoms with van der Waals surface area (Å²) in [6.45, 7) is 0. The maximum absolute atomic E-state index is 5.35. The summed E-state index contributed by atoms with van der Waals surface area (Å²) in [7, 11) is 0. The fourth-order valence-corrected chi connectivity index (χ4v) is 9.02. The van der Waals surface area contributed by atoms with Crippen molar-refractivity contribution in [2.75, 3.05) is 0 Å². The van der Waals surface area contributed by atoms with Crippen molar-refractivity contribution < 1.29 is 0 Å². The Morgan fingerprint density at radius 3 is 2.00 bits per heavy atom. The number of nitrogens with zero attached hydrogens (tertiary/aromatic N) is 4. The molecular weight excluding hydrogens is 643 g/mol. The molecule has 240 valence electrons. The number of nitrogens with one attached hydrogen (secondary N) is 1. The van der Waals surface area contributed by atoms with E-state index in [1.807, 2.05) is 23.5 Å². The van der Waals surface area contributed by atoms with E-state index in [-0.39, 0.29) is 6.17 Å². The van der Waals surface area contributed by atoms with Crippen molar-refractivity contribution in [2.24, 2.45) is 9.98 Å². The molecule has 0 amide bonds. The summed E-state index contributed by atoms with van der Waals surface area (Å²) in [6.07, 6.45) is -0.308. The Hall–Kier alpha value is -6.50. The quantitative estimate of drug-likeness (QED) is 0.200. The topological polar surface area (TPSA) is 46.6 Å². The van der Waals surface area contributed by atoms with Gasteiger partial charge in [-0.05, 0) is 48.0 Å². The summed E-state index contributed by atoms with van der Waals surface area (Å²) >= 11 is 1.85. The van der Waals surface area contributed by atoms with Crippen molar-refractivity contribution >= 4 is 86.9 Å². The number of hydrogen-bond acceptors (Lipinski definition) is 4. The first-order chi connectivity index (χ1) is 25.3. The Balaban J connectivity index is 1.24. The summed E-state index contributed by atoms with van der Waals surface area (Å²) in [5.41, 5.74) is 7.74. The van der Waals surface area contributed by atoms with E-state index in [0.29, 0.717) is 5.96 Å². The molecule has 3 aromatic heterocycles. The molecule has 4 heterocycles. The minimum absolute atomic E-state index is 0.308. The molecule has 1 aliphatic rings. The van der Waals surface area contributed by atoms with Crippen LogP contribution in [0.2, 0.25) is 0 Å². The third-order valence-corrected chi connectivity index (χ3v) is 11.3. The van der Waals surface area contributed by atoms with Gasteiger partial charge in [0, 0.05) is 53.0 Å². The molecule has 0 aliphatic carbocycles. The number of para-hydroxylation sites is 2. The van der Waals surface area contributed by atoms with Crippen molar-refractivity contribution in [2.45, 2.75) is 6.17 Å². The van der Waals surface area contributed by atoms with Gasteiger partial charge in [-0.25, -0.2) is 4.99 Å². The molecule has 0 fully saturated rings. The number of thiophene rings is 1. The monoisotopic (exact) mass is 671 g/mol. The number of amidine groups is 1. The van der Waals surface area contributed by atoms with Crippen LogP contribution in [0.3, 0.4) is 0 Å². The lowest BCUT2D eigenvalue weighted by Gasteiger charge is -2.24. The highest BCUT2D eigenvalue weighted by Gasteiger charge is 2.26. The molecule has 0 saturated carbocycles. The minimum atomic E-state index is -0.308. The predicted octanol–water partition coefficient (Wildman–Crippen LogP) is 11.2. The van der Waals surface area contributed by atoms with Crippen LogP contribution in [0.1, 0.15) is 17.3 Å². The number of fused-ring (bicyclic) bond motifs is 10. The fourth-order valence-electron chi connectivity index (χ4n) is 7.93. The lowest BCUT2D eigenvalue weighted by molar-refractivity contribution is 0.668. The predicted molar refractivity (Wildman–Crippen MR) is 215 cm³/mol. The van der Waals surface area contributed by atoms with Gasteiger partial charge in [0.2, 0.25) is 5.96 Å². The normalized spacial score (nSPS) is 14.9. The molecule has 7 aromatic carbocycles. The number of benzene rings is 7. The molecule has 6 heteroatoms. The maximum atomic E-state index is 5.35. The molecule has 0 radical (unpaired) electrons. The average Bonchev–Trinajstić information content (AvgIpc) is 3.86. The average molecular weight is 672 g/mol. The Morgan fingerprint density at radius 1 is 0.510 bits per heavy atom. The zero-order chi connectivity index (χ0) is 33.5. The standard InChI is InChI=1S/C45H29N5S/c1-3-13-28(14-4-1)43-46-44(29-15-5-2-6-16-29)48-45(47-43)50-36-20-10-7-17-31(36)33-24-25-38-41(42(33)50)34-19-8-11-21-37(34)49(38)30-23-26-40-35(27-30)32-18-9-12-22-39(32)51-40/h1-27,43H,(H,46,47,48). The first-order valence-electron chi connectivity index (χ1n) is 17.2. The molecule has 5 nitrogen and oxygen atoms in total. The van der Waals surface area contributed by atoms with E-state index >= 15 is 0 Å². The Morgan fingerprint density at radius 2 is 1.18 bits per heavy atom. The highest BCUT2D eigenvalue weighted by Crippen LogP contribution is 2.42. The Kier molecular flexibility index (Phi) is 6.12. The van der Waals surface area contributed by atoms with E-state index < -0.39 is 0 Å². The molecule has 1 N–H and O–H groups in total. The van der Waals surface area contributed by atoms with Crippen LogP contribution in [0, 0.1) is 0 Å². The van der Waals surface area contributed by atoms with Crippen LogP contribution in [0.15, 0.2) is 174 Å². The number of rotatable bonds is 3. The van der Waals surface area contributed by atoms with Gasteiger partial charge >= 0.3 is 0 Å². The van der Waals surface area contributed by atoms with Crippen molar-refractivity contribution in [1.29, 1.82) is 0 Å². The van der Waals surface area contributed by atoms with Crippen molar-refractivity contribution in [3.63, 3.8) is 0 Å². The van der Waals surface area contributed by atoms with Crippen LogP contribution in [-0.4, -0.2) is 20.9 Å². The lowest BCUT2D eigenvalue weighted by Crippen LogP contribution is -2.35. The first-order valence-corrected chi connectivity index (χ1v) is 18.0. The van der Waals surface area contributed by atoms with Gasteiger partial charge in [0.1, 0.15) is 12.0 Å². The molecule has 1 unspecified atom stereocenters. The molecule has 51 heavy (non-hydrogen) atoms. The molecule has 0 bridgehead atoms. The van der Waals surface area contributed by atoms with E-state index in [9.17, 15) is 0 Å². The Bertz CT molecular complexity index is 3060. The smallest absolute Gasteiger partial charge is 0.234 e. The molecule has 11 rings (SSSR count). The van der Waals surface area contributed by atoms with Crippen molar-refractivity contribution in [1.82, 2.24) is 14.5 Å². The maximum Gasteiger partial charge on any atom is 0.234 e. The minimum Gasteiger partial charge on any atom is -0.344 e. The fraction of sp³-hybridized carbons (Fsp3) is 0.0222. The van der Waals surface area contributed by atoms with Crippen LogP contribution in [0.5, 0.6) is 0 Å². The molecule has 0 saturated heterocycles. The summed E-state index contributed by atoms with van der Waals surface area (Å²) in [5, 5.41) is 10.9. The van der Waals surface area contributed by atoms with Gasteiger partial charge in [-0.2, -0.15) is 4.99 Å². The van der Waals surface area contributed by atoms with Crippen LogP contribution in [-0.2, 0) is 0 Å². The SMILES string of the molecule is c1ccc(C2=NC(n3c4ccccc4c4ccc5c(c6ccccc6n5-c5ccc6sc7ccccc7c6c5)c43)=NC(c3ccccc3)N2)cc1. The van der Waals surface area contributed by atoms with Gasteiger partial charge in [-0.15, -0.1) is 11.3 Å². The highest BCUT2D eigenvalue weighted by molar-refractivity contribution is 7.25. The van der Waals surface area contributed by atoms with Crippen LogP contribution >= 0.6 is 11.3 Å². The second-order valence-electron chi connectivity index (χ2n) is 13.1. The summed E-state index contributed by atoms with van der Waals surface area (Å²) in [5.74, 6) is 1.45. The molecule has 1 atom stereocenters. The zero-order valence-electron chi connectivity index (χ0n) is 27.4. The van der Waals surface area contributed by atoms with Crippen LogP contribution < -0.4 is 5.32 Å². The van der Waals surface area contributed by atoms with Crippen molar-refractivity contribution in [3.8, 4) is 5.69 Å². The second kappa shape index (κ2) is 11.0. The highest BCUT2D eigenvalue weighted by atomic mass is 32.1. The van der Waals surface area contributed by atoms with E-state index in [4.69, 9.17) is 9.98 Å². The van der Waals surface area contributed by atoms with Gasteiger partial charge in [0.15, 0.2) is 0 Å². The van der Waals surface area contributed by atoms with Crippen LogP contribution in [0.25, 0.3) is 69.5 Å². The van der Waals surface area contributed by atoms with E-state index in [0.717, 1.165) is 39.2 Å².